The van der Waals surface area contributed by atoms with Crippen molar-refractivity contribution in [2.24, 2.45) is 0 Å². The Bertz CT molecular complexity index is 3390. The van der Waals surface area contributed by atoms with Crippen LogP contribution in [0.5, 0.6) is 0 Å². The fourth-order valence-electron chi connectivity index (χ4n) is 9.76. The highest BCUT2D eigenvalue weighted by Gasteiger charge is 2.45. The molecule has 0 amide bonds. The van der Waals surface area contributed by atoms with Gasteiger partial charge in [-0.05, 0) is 79.9 Å². The van der Waals surface area contributed by atoms with Gasteiger partial charge in [-0.1, -0.05) is 206 Å². The van der Waals surface area contributed by atoms with E-state index >= 15 is 0 Å². The van der Waals surface area contributed by atoms with Crippen molar-refractivity contribution in [3.05, 3.63) is 253 Å². The Kier molecular flexibility index (Phi) is 8.62. The molecule has 9 aromatic carbocycles. The van der Waals surface area contributed by atoms with Crippen molar-refractivity contribution in [3.63, 3.8) is 0 Å². The second-order valence-corrected chi connectivity index (χ2v) is 17.1. The van der Waals surface area contributed by atoms with Crippen LogP contribution in [-0.2, 0) is 5.41 Å². The predicted octanol–water partition coefficient (Wildman–Crippen LogP) is 15.5. The zero-order valence-electron chi connectivity index (χ0n) is 33.7. The molecule has 12 rings (SSSR count). The van der Waals surface area contributed by atoms with Gasteiger partial charge in [0, 0.05) is 36.9 Å². The molecule has 1 aliphatic carbocycles. The van der Waals surface area contributed by atoms with Crippen LogP contribution in [-0.4, -0.2) is 9.97 Å². The Morgan fingerprint density at radius 2 is 0.839 bits per heavy atom. The minimum absolute atomic E-state index is 0.411. The van der Waals surface area contributed by atoms with E-state index in [0.29, 0.717) is 5.82 Å². The quantitative estimate of drug-likeness (QED) is 0.160. The summed E-state index contributed by atoms with van der Waals surface area (Å²) in [6.45, 7) is 0. The van der Waals surface area contributed by atoms with Crippen LogP contribution in [0.1, 0.15) is 22.3 Å². The summed E-state index contributed by atoms with van der Waals surface area (Å²) in [5.74, 6) is 0.707. The van der Waals surface area contributed by atoms with E-state index in [4.69, 9.17) is 9.97 Å². The molecule has 2 nitrogen and oxygen atoms in total. The number of thiophene rings is 1. The Balaban J connectivity index is 0.922. The van der Waals surface area contributed by atoms with E-state index in [0.717, 1.165) is 33.6 Å². The van der Waals surface area contributed by atoms with Gasteiger partial charge in [0.1, 0.15) is 0 Å². The first kappa shape index (κ1) is 36.2. The molecule has 0 atom stereocenters. The van der Waals surface area contributed by atoms with E-state index in [1.54, 1.807) is 0 Å². The van der Waals surface area contributed by atoms with Gasteiger partial charge >= 0.3 is 0 Å². The lowest BCUT2D eigenvalue weighted by Crippen LogP contribution is -2.28. The maximum absolute atomic E-state index is 5.16. The van der Waals surface area contributed by atoms with Gasteiger partial charge in [-0.3, -0.25) is 0 Å². The first-order valence-corrected chi connectivity index (χ1v) is 22.0. The molecule has 0 saturated heterocycles. The minimum Gasteiger partial charge on any atom is -0.228 e. The summed E-state index contributed by atoms with van der Waals surface area (Å²) in [6, 6.07) is 83.4. The third-order valence-corrected chi connectivity index (χ3v) is 13.8. The van der Waals surface area contributed by atoms with Gasteiger partial charge in [-0.2, -0.15) is 0 Å². The number of hydrogen-bond donors (Lipinski definition) is 0. The van der Waals surface area contributed by atoms with Crippen molar-refractivity contribution in [2.75, 3.05) is 0 Å². The Hall–Kier alpha value is -7.72. The topological polar surface area (TPSA) is 25.8 Å². The van der Waals surface area contributed by atoms with Gasteiger partial charge in [-0.25, -0.2) is 9.97 Å². The molecule has 0 unspecified atom stereocenters. The van der Waals surface area contributed by atoms with E-state index in [2.05, 4.69) is 212 Å². The monoisotopic (exact) mass is 806 g/mol. The molecule has 1 aliphatic rings. The molecular formula is C59H38N2S. The zero-order chi connectivity index (χ0) is 41.0. The van der Waals surface area contributed by atoms with Gasteiger partial charge in [0.25, 0.3) is 0 Å². The predicted molar refractivity (Wildman–Crippen MR) is 259 cm³/mol. The number of aromatic nitrogens is 2. The largest absolute Gasteiger partial charge is 0.228 e. The average molecular weight is 807 g/mol. The average Bonchev–Trinajstić information content (AvgIpc) is 3.89. The summed E-state index contributed by atoms with van der Waals surface area (Å²) in [6.07, 6.45) is 0. The third-order valence-electron chi connectivity index (χ3n) is 12.6. The van der Waals surface area contributed by atoms with Crippen LogP contribution < -0.4 is 0 Å². The van der Waals surface area contributed by atoms with Crippen molar-refractivity contribution in [3.8, 4) is 67.3 Å². The van der Waals surface area contributed by atoms with Crippen molar-refractivity contribution < 1.29 is 0 Å². The second kappa shape index (κ2) is 14.8. The molecule has 0 spiro atoms. The molecule has 2 heterocycles. The maximum Gasteiger partial charge on any atom is 0.160 e. The Labute approximate surface area is 365 Å². The van der Waals surface area contributed by atoms with Gasteiger partial charge in [0.05, 0.1) is 16.8 Å². The molecule has 0 N–H and O–H groups in total. The van der Waals surface area contributed by atoms with Crippen LogP contribution in [0.2, 0.25) is 0 Å². The van der Waals surface area contributed by atoms with Crippen molar-refractivity contribution >= 4 is 31.5 Å². The van der Waals surface area contributed by atoms with E-state index in [9.17, 15) is 0 Å². The minimum atomic E-state index is -0.411. The molecule has 0 radical (unpaired) electrons. The summed E-state index contributed by atoms with van der Waals surface area (Å²) in [4.78, 5) is 10.3. The maximum atomic E-state index is 5.16. The summed E-state index contributed by atoms with van der Waals surface area (Å²) < 4.78 is 2.62. The van der Waals surface area contributed by atoms with Crippen LogP contribution in [0.15, 0.2) is 231 Å². The summed E-state index contributed by atoms with van der Waals surface area (Å²) >= 11 is 1.85. The molecule has 0 aliphatic heterocycles. The van der Waals surface area contributed by atoms with Crippen LogP contribution >= 0.6 is 11.3 Å². The molecule has 0 bridgehead atoms. The fraction of sp³-hybridized carbons (Fsp3) is 0.0169. The van der Waals surface area contributed by atoms with Crippen molar-refractivity contribution in [1.82, 2.24) is 9.97 Å². The molecule has 62 heavy (non-hydrogen) atoms. The third kappa shape index (κ3) is 5.85. The van der Waals surface area contributed by atoms with Crippen LogP contribution in [0.3, 0.4) is 0 Å². The highest BCUT2D eigenvalue weighted by atomic mass is 32.1. The van der Waals surface area contributed by atoms with E-state index < -0.39 is 5.41 Å². The lowest BCUT2D eigenvalue weighted by Gasteiger charge is -2.33. The molecular weight excluding hydrogens is 769 g/mol. The molecule has 0 fully saturated rings. The molecule has 0 saturated carbocycles. The standard InChI is InChI=1S/C59H38N2S/c1-4-15-43(16-5-1)58-60-53(38-54(61-58)42-33-29-40(30-34-42)47-23-14-26-56-57(47)49-22-11-13-25-55(49)62-56)41-31-27-39(28-32-41)44-35-36-52-50(37-44)48-21-10-12-24-51(48)59(52,45-17-6-2-7-18-45)46-19-8-3-9-20-46/h1-38H. The van der Waals surface area contributed by atoms with E-state index in [-0.39, 0.29) is 0 Å². The van der Waals surface area contributed by atoms with Crippen molar-refractivity contribution in [1.29, 1.82) is 0 Å². The highest BCUT2D eigenvalue weighted by Crippen LogP contribution is 2.56. The first-order valence-electron chi connectivity index (χ1n) is 21.1. The smallest absolute Gasteiger partial charge is 0.160 e. The van der Waals surface area contributed by atoms with Crippen LogP contribution in [0.4, 0.5) is 0 Å². The Morgan fingerprint density at radius 1 is 0.323 bits per heavy atom. The normalized spacial score (nSPS) is 12.6. The van der Waals surface area contributed by atoms with Gasteiger partial charge < -0.3 is 0 Å². The van der Waals surface area contributed by atoms with Crippen LogP contribution in [0, 0.1) is 0 Å². The lowest BCUT2D eigenvalue weighted by atomic mass is 9.67. The van der Waals surface area contributed by atoms with Gasteiger partial charge in [-0.15, -0.1) is 11.3 Å². The number of nitrogens with zero attached hydrogens (tertiary/aromatic N) is 2. The van der Waals surface area contributed by atoms with Crippen molar-refractivity contribution in [2.45, 2.75) is 5.41 Å². The first-order chi connectivity index (χ1) is 30.7. The zero-order valence-corrected chi connectivity index (χ0v) is 34.6. The lowest BCUT2D eigenvalue weighted by molar-refractivity contribution is 0.768. The summed E-state index contributed by atoms with van der Waals surface area (Å²) in [5, 5.41) is 2.62. The highest BCUT2D eigenvalue weighted by molar-refractivity contribution is 7.25. The molecule has 11 aromatic rings. The fourth-order valence-corrected chi connectivity index (χ4v) is 10.9. The van der Waals surface area contributed by atoms with E-state index in [1.807, 2.05) is 29.5 Å². The number of fused-ring (bicyclic) bond motifs is 6. The second-order valence-electron chi connectivity index (χ2n) is 16.0. The van der Waals surface area contributed by atoms with Gasteiger partial charge in [0.2, 0.25) is 0 Å². The SMILES string of the molecule is c1ccc(-c2nc(-c3ccc(-c4ccc5c(c4)-c4ccccc4C5(c4ccccc4)c4ccccc4)cc3)cc(-c3ccc(-c4cccc5sc6ccccc6c45)cc3)n2)cc1. The van der Waals surface area contributed by atoms with E-state index in [1.165, 1.54) is 70.2 Å². The van der Waals surface area contributed by atoms with Crippen LogP contribution in [0.25, 0.3) is 87.5 Å². The number of rotatable bonds is 7. The molecule has 2 aromatic heterocycles. The number of hydrogen-bond acceptors (Lipinski definition) is 3. The van der Waals surface area contributed by atoms with Gasteiger partial charge in [0.15, 0.2) is 5.82 Å². The number of benzene rings is 9. The summed E-state index contributed by atoms with van der Waals surface area (Å²) in [5.41, 5.74) is 16.9. The molecule has 3 heteroatoms. The molecule has 290 valence electrons. The Morgan fingerprint density at radius 3 is 1.53 bits per heavy atom. The summed E-state index contributed by atoms with van der Waals surface area (Å²) in [7, 11) is 0.